The number of carbonyl (C=O) groups is 3. The predicted molar refractivity (Wildman–Crippen MR) is 148 cm³/mol. The molecule has 2 unspecified atom stereocenters. The smallest absolute Gasteiger partial charge is 0.408 e. The van der Waals surface area contributed by atoms with Gasteiger partial charge in [0, 0.05) is 12.3 Å². The molecule has 2 aromatic rings. The van der Waals surface area contributed by atoms with Crippen LogP contribution >= 0.6 is 24.2 Å². The molecule has 36 heavy (non-hydrogen) atoms. The van der Waals surface area contributed by atoms with Gasteiger partial charge in [-0.2, -0.15) is 12.6 Å². The fourth-order valence-electron chi connectivity index (χ4n) is 3.69. The van der Waals surface area contributed by atoms with Gasteiger partial charge in [-0.15, -0.1) is 0 Å². The van der Waals surface area contributed by atoms with E-state index in [0.29, 0.717) is 16.3 Å². The highest BCUT2D eigenvalue weighted by Crippen LogP contribution is 2.29. The Morgan fingerprint density at radius 2 is 1.72 bits per heavy atom. The number of carbonyl (C=O) groups excluding carboxylic acids is 3. The standard InChI is InChI=1S/C27H36ClN3O4S/c1-7-18-12-14-19(15-13-18)23(24(32)30-22-17(3)10-9-11-20(22)28)31(8-2)25(33)21(16-36)29-26(34)35-27(4,5)6/h9-15,21,23,36H,7-8,16H2,1-6H3,(H,29,34)(H,30,32). The number of halogens is 1. The van der Waals surface area contributed by atoms with Crippen LogP contribution in [0.4, 0.5) is 10.5 Å². The Hall–Kier alpha value is -2.71. The van der Waals surface area contributed by atoms with Crippen LogP contribution in [0.3, 0.4) is 0 Å². The lowest BCUT2D eigenvalue weighted by molar-refractivity contribution is -0.140. The van der Waals surface area contributed by atoms with E-state index < -0.39 is 35.6 Å². The average molecular weight is 534 g/mol. The second-order valence-electron chi connectivity index (χ2n) is 9.42. The number of likely N-dealkylation sites (N-methyl/N-ethyl adjacent to an activating group) is 1. The molecule has 2 atom stereocenters. The van der Waals surface area contributed by atoms with Crippen LogP contribution in [0.1, 0.15) is 57.4 Å². The predicted octanol–water partition coefficient (Wildman–Crippen LogP) is 5.56. The van der Waals surface area contributed by atoms with Crippen molar-refractivity contribution in [1.29, 1.82) is 0 Å². The topological polar surface area (TPSA) is 87.7 Å². The first-order chi connectivity index (χ1) is 16.9. The molecule has 2 N–H and O–H groups in total. The number of benzene rings is 2. The molecule has 196 valence electrons. The van der Waals surface area contributed by atoms with E-state index in [9.17, 15) is 14.4 Å². The third kappa shape index (κ3) is 7.90. The zero-order chi connectivity index (χ0) is 27.0. The number of hydrogen-bond acceptors (Lipinski definition) is 5. The molecule has 0 bridgehead atoms. The number of nitrogens with zero attached hydrogens (tertiary/aromatic N) is 1. The second-order valence-corrected chi connectivity index (χ2v) is 10.2. The van der Waals surface area contributed by atoms with Crippen LogP contribution in [-0.2, 0) is 20.7 Å². The normalized spacial score (nSPS) is 12.9. The van der Waals surface area contributed by atoms with Crippen molar-refractivity contribution in [2.24, 2.45) is 0 Å². The molecule has 0 fully saturated rings. The number of ether oxygens (including phenoxy) is 1. The summed E-state index contributed by atoms with van der Waals surface area (Å²) in [6.45, 7) is 11.1. The summed E-state index contributed by atoms with van der Waals surface area (Å²) < 4.78 is 5.31. The van der Waals surface area contributed by atoms with Gasteiger partial charge >= 0.3 is 6.09 Å². The van der Waals surface area contributed by atoms with E-state index in [1.165, 1.54) is 4.90 Å². The van der Waals surface area contributed by atoms with Crippen molar-refractivity contribution in [3.05, 3.63) is 64.2 Å². The molecule has 3 amide bonds. The third-order valence-electron chi connectivity index (χ3n) is 5.53. The number of hydrogen-bond donors (Lipinski definition) is 3. The maximum atomic E-state index is 13.7. The minimum atomic E-state index is -0.990. The molecule has 0 aromatic heterocycles. The number of rotatable bonds is 9. The summed E-state index contributed by atoms with van der Waals surface area (Å²) in [6.07, 6.45) is 0.111. The van der Waals surface area contributed by atoms with Crippen molar-refractivity contribution in [2.45, 2.75) is 65.6 Å². The summed E-state index contributed by atoms with van der Waals surface area (Å²) in [5.74, 6) is -0.837. The lowest BCUT2D eigenvalue weighted by atomic mass is 10.0. The minimum Gasteiger partial charge on any atom is -0.444 e. The van der Waals surface area contributed by atoms with Gasteiger partial charge in [0.05, 0.1) is 10.7 Å². The minimum absolute atomic E-state index is 0.0291. The highest BCUT2D eigenvalue weighted by atomic mass is 35.5. The first-order valence-electron chi connectivity index (χ1n) is 12.0. The van der Waals surface area contributed by atoms with Crippen molar-refractivity contribution in [1.82, 2.24) is 10.2 Å². The van der Waals surface area contributed by atoms with Gasteiger partial charge in [0.25, 0.3) is 5.91 Å². The van der Waals surface area contributed by atoms with Gasteiger partial charge in [0.2, 0.25) is 5.91 Å². The third-order valence-corrected chi connectivity index (χ3v) is 6.21. The summed E-state index contributed by atoms with van der Waals surface area (Å²) in [4.78, 5) is 41.1. The Balaban J connectivity index is 2.44. The summed E-state index contributed by atoms with van der Waals surface area (Å²) in [5, 5.41) is 5.90. The molecule has 0 heterocycles. The van der Waals surface area contributed by atoms with Crippen molar-refractivity contribution >= 4 is 47.8 Å². The van der Waals surface area contributed by atoms with E-state index in [-0.39, 0.29) is 12.3 Å². The van der Waals surface area contributed by atoms with E-state index in [1.807, 2.05) is 44.2 Å². The van der Waals surface area contributed by atoms with Gasteiger partial charge in [0.1, 0.15) is 17.7 Å². The van der Waals surface area contributed by atoms with Crippen molar-refractivity contribution in [2.75, 3.05) is 17.6 Å². The maximum absolute atomic E-state index is 13.7. The molecule has 0 aliphatic heterocycles. The molecule has 2 rings (SSSR count). The Morgan fingerprint density at radius 1 is 1.08 bits per heavy atom. The molecule has 9 heteroatoms. The lowest BCUT2D eigenvalue weighted by Gasteiger charge is -2.33. The van der Waals surface area contributed by atoms with E-state index in [1.54, 1.807) is 39.8 Å². The molecule has 0 spiro atoms. The molecule has 0 aliphatic rings. The molecule has 0 saturated heterocycles. The Morgan fingerprint density at radius 3 is 2.22 bits per heavy atom. The van der Waals surface area contributed by atoms with Crippen LogP contribution in [-0.4, -0.2) is 46.7 Å². The molecule has 0 aliphatic carbocycles. The van der Waals surface area contributed by atoms with Gasteiger partial charge in [-0.3, -0.25) is 9.59 Å². The fourth-order valence-corrected chi connectivity index (χ4v) is 4.21. The maximum Gasteiger partial charge on any atom is 0.408 e. The van der Waals surface area contributed by atoms with Crippen LogP contribution in [0.5, 0.6) is 0 Å². The number of nitrogens with one attached hydrogen (secondary N) is 2. The Kier molecular flexibility index (Phi) is 10.7. The van der Waals surface area contributed by atoms with Gasteiger partial charge in [-0.05, 0) is 63.8 Å². The zero-order valence-corrected chi connectivity index (χ0v) is 23.4. The molecular weight excluding hydrogens is 498 g/mol. The van der Waals surface area contributed by atoms with Crippen molar-refractivity contribution < 1.29 is 19.1 Å². The van der Waals surface area contributed by atoms with Crippen molar-refractivity contribution in [3.63, 3.8) is 0 Å². The Labute approximate surface area is 224 Å². The summed E-state index contributed by atoms with van der Waals surface area (Å²) >= 11 is 10.6. The number of para-hydroxylation sites is 1. The first-order valence-corrected chi connectivity index (χ1v) is 13.0. The monoisotopic (exact) mass is 533 g/mol. The van der Waals surface area contributed by atoms with Crippen molar-refractivity contribution in [3.8, 4) is 0 Å². The molecule has 0 saturated carbocycles. The van der Waals surface area contributed by atoms with Crippen LogP contribution in [0, 0.1) is 6.92 Å². The van der Waals surface area contributed by atoms with Gasteiger partial charge in [-0.25, -0.2) is 4.79 Å². The summed E-state index contributed by atoms with van der Waals surface area (Å²) in [5.41, 5.74) is 2.30. The Bertz CT molecular complexity index is 1050. The molecular formula is C27H36ClN3O4S. The number of alkyl carbamates (subject to hydrolysis) is 1. The van der Waals surface area contributed by atoms with E-state index in [2.05, 4.69) is 23.3 Å². The number of amides is 3. The number of anilines is 1. The lowest BCUT2D eigenvalue weighted by Crippen LogP contribution is -2.53. The highest BCUT2D eigenvalue weighted by molar-refractivity contribution is 7.80. The zero-order valence-electron chi connectivity index (χ0n) is 21.7. The second kappa shape index (κ2) is 13.0. The SMILES string of the molecule is CCc1ccc(C(C(=O)Nc2c(C)cccc2Cl)N(CC)C(=O)C(CS)NC(=O)OC(C)(C)C)cc1. The van der Waals surface area contributed by atoms with Gasteiger partial charge in [-0.1, -0.05) is 54.9 Å². The summed E-state index contributed by atoms with van der Waals surface area (Å²) in [7, 11) is 0. The highest BCUT2D eigenvalue weighted by Gasteiger charge is 2.35. The molecule has 0 radical (unpaired) electrons. The van der Waals surface area contributed by atoms with E-state index in [0.717, 1.165) is 17.5 Å². The van der Waals surface area contributed by atoms with Crippen LogP contribution < -0.4 is 10.6 Å². The molecule has 7 nitrogen and oxygen atoms in total. The van der Waals surface area contributed by atoms with Gasteiger partial charge < -0.3 is 20.3 Å². The quantitative estimate of drug-likeness (QED) is 0.368. The van der Waals surface area contributed by atoms with Gasteiger partial charge in [0.15, 0.2) is 0 Å². The van der Waals surface area contributed by atoms with Crippen LogP contribution in [0.25, 0.3) is 0 Å². The number of aryl methyl sites for hydroxylation is 2. The largest absolute Gasteiger partial charge is 0.444 e. The molecule has 2 aromatic carbocycles. The van der Waals surface area contributed by atoms with E-state index in [4.69, 9.17) is 16.3 Å². The van der Waals surface area contributed by atoms with Crippen LogP contribution in [0.15, 0.2) is 42.5 Å². The van der Waals surface area contributed by atoms with E-state index >= 15 is 0 Å². The number of thiol groups is 1. The average Bonchev–Trinajstić information content (AvgIpc) is 2.81. The fraction of sp³-hybridized carbons (Fsp3) is 0.444. The van der Waals surface area contributed by atoms with Crippen LogP contribution in [0.2, 0.25) is 5.02 Å². The summed E-state index contributed by atoms with van der Waals surface area (Å²) in [6, 6.07) is 10.9. The first kappa shape index (κ1) is 29.5.